The Morgan fingerprint density at radius 2 is 1.56 bits per heavy atom. The maximum atomic E-state index is 15.5. The molecule has 0 aliphatic carbocycles. The zero-order chi connectivity index (χ0) is 36.8. The summed E-state index contributed by atoms with van der Waals surface area (Å²) >= 11 is 0. The average molecular weight is 714 g/mol. The molecule has 52 heavy (non-hydrogen) atoms. The van der Waals surface area contributed by atoms with Gasteiger partial charge in [-0.1, -0.05) is 0 Å². The highest BCUT2D eigenvalue weighted by Gasteiger charge is 2.24. The molecule has 0 amide bonds. The Bertz CT molecular complexity index is 2510. The number of piperazine rings is 1. The third-order valence-electron chi connectivity index (χ3n) is 8.96. The fraction of sp³-hybridized carbons (Fsp3) is 0.162. The first-order chi connectivity index (χ1) is 24.9. The third-order valence-corrected chi connectivity index (χ3v) is 8.96. The largest absolute Gasteiger partial charge is 0.507 e. The lowest BCUT2D eigenvalue weighted by atomic mass is 10.1. The summed E-state index contributed by atoms with van der Waals surface area (Å²) in [4.78, 5) is 41.6. The van der Waals surface area contributed by atoms with Crippen molar-refractivity contribution >= 4 is 33.5 Å². The van der Waals surface area contributed by atoms with Crippen LogP contribution in [-0.4, -0.2) is 80.3 Å². The number of phenols is 3. The molecule has 6 aromatic rings. The molecular formula is C37H29F2N3O10. The predicted molar refractivity (Wildman–Crippen MR) is 185 cm³/mol. The molecule has 2 aromatic heterocycles. The van der Waals surface area contributed by atoms with E-state index < -0.39 is 57.0 Å². The van der Waals surface area contributed by atoms with Crippen LogP contribution < -0.4 is 20.5 Å². The number of ether oxygens (including phenoxy) is 1. The van der Waals surface area contributed by atoms with Crippen molar-refractivity contribution in [2.24, 2.45) is 0 Å². The lowest BCUT2D eigenvalue weighted by Crippen LogP contribution is -2.47. The number of nitrogens with zero attached hydrogens (tertiary/aromatic N) is 3. The second-order valence-corrected chi connectivity index (χ2v) is 12.1. The minimum Gasteiger partial charge on any atom is -0.507 e. The quantitative estimate of drug-likeness (QED) is 0.136. The second-order valence-electron chi connectivity index (χ2n) is 12.1. The molecule has 0 unspecified atom stereocenters. The van der Waals surface area contributed by atoms with Crippen molar-refractivity contribution in [3.8, 4) is 45.8 Å². The lowest BCUT2D eigenvalue weighted by Gasteiger charge is -2.36. The van der Waals surface area contributed by atoms with E-state index in [4.69, 9.17) is 9.15 Å². The Balaban J connectivity index is 1.06. The lowest BCUT2D eigenvalue weighted by molar-refractivity contribution is 0.0695. The topological polar surface area (TPSA) is 186 Å². The van der Waals surface area contributed by atoms with Crippen LogP contribution in [0.15, 0.2) is 86.9 Å². The van der Waals surface area contributed by atoms with Crippen molar-refractivity contribution in [1.29, 1.82) is 0 Å². The number of hydrogen-bond donors (Lipinski definition) is 5. The summed E-state index contributed by atoms with van der Waals surface area (Å²) in [7, 11) is 0. The van der Waals surface area contributed by atoms with Gasteiger partial charge < -0.3 is 44.2 Å². The number of aromatic carboxylic acids is 1. The first-order valence-electron chi connectivity index (χ1n) is 15.9. The number of aromatic hydroxyl groups is 4. The number of hydrogen-bond acceptors (Lipinski definition) is 11. The molecular weight excluding hydrogens is 684 g/mol. The molecule has 1 aliphatic rings. The van der Waals surface area contributed by atoms with Gasteiger partial charge in [-0.05, 0) is 54.6 Å². The molecule has 266 valence electrons. The van der Waals surface area contributed by atoms with Crippen molar-refractivity contribution < 1.29 is 48.3 Å². The minimum absolute atomic E-state index is 0.0876. The first-order valence-corrected chi connectivity index (χ1v) is 15.9. The smallest absolute Gasteiger partial charge is 0.341 e. The molecule has 1 saturated heterocycles. The van der Waals surface area contributed by atoms with E-state index in [1.54, 1.807) is 4.90 Å². The molecule has 0 atom stereocenters. The summed E-state index contributed by atoms with van der Waals surface area (Å²) in [6, 6.07) is 14.0. The number of pyridine rings is 1. The predicted octanol–water partition coefficient (Wildman–Crippen LogP) is 4.76. The highest BCUT2D eigenvalue weighted by atomic mass is 19.1. The number of fused-ring (bicyclic) bond motifs is 2. The maximum Gasteiger partial charge on any atom is 0.341 e. The van der Waals surface area contributed by atoms with Gasteiger partial charge in [-0.2, -0.15) is 0 Å². The zero-order valence-electron chi connectivity index (χ0n) is 27.0. The van der Waals surface area contributed by atoms with Gasteiger partial charge in [0.1, 0.15) is 46.3 Å². The standard InChI is InChI=1S/C37H29F2N3O10/c38-20-2-4-21(5-3-20)42-18-24(37(49)50)33(46)23-16-25(39)27(17-26(23)42)41-9-7-40(8-10-41)11-12-51-22-14-30(45)32-31(15-22)52-36(35(48)34(32)47)19-1-6-28(43)29(44)13-19/h1-6,13-18,43-45,48H,7-12H2,(H,49,50). The molecule has 3 heterocycles. The number of phenolic OH excluding ortho intramolecular Hbond substituents is 3. The summed E-state index contributed by atoms with van der Waals surface area (Å²) in [5.41, 5.74) is -1.43. The summed E-state index contributed by atoms with van der Waals surface area (Å²) in [6.45, 7) is 2.40. The van der Waals surface area contributed by atoms with E-state index in [1.807, 2.05) is 0 Å². The van der Waals surface area contributed by atoms with E-state index >= 15 is 4.39 Å². The SMILES string of the molecule is O=C(O)c1cn(-c2ccc(F)cc2)c2cc(N3CCN(CCOc4cc(O)c5c(=O)c(O)c(-c6ccc(O)c(O)c6)oc5c4)CC3)c(F)cc2c1=O. The van der Waals surface area contributed by atoms with E-state index in [0.717, 1.165) is 24.4 Å². The van der Waals surface area contributed by atoms with Gasteiger partial charge in [-0.3, -0.25) is 14.5 Å². The molecule has 15 heteroatoms. The van der Waals surface area contributed by atoms with Crippen LogP contribution in [0.1, 0.15) is 10.4 Å². The summed E-state index contributed by atoms with van der Waals surface area (Å²) in [6.07, 6.45) is 1.15. The van der Waals surface area contributed by atoms with Crippen LogP contribution in [0, 0.1) is 11.6 Å². The number of carbonyl (C=O) groups is 1. The Hall–Kier alpha value is -6.61. The number of halogens is 2. The molecule has 5 N–H and O–H groups in total. The summed E-state index contributed by atoms with van der Waals surface area (Å²) < 4.78 is 42.2. The van der Waals surface area contributed by atoms with Crippen molar-refractivity contribution in [2.75, 3.05) is 44.2 Å². The van der Waals surface area contributed by atoms with Gasteiger partial charge in [0.05, 0.1) is 11.2 Å². The normalized spacial score (nSPS) is 13.5. The molecule has 0 saturated carbocycles. The molecule has 1 fully saturated rings. The Labute approximate surface area is 291 Å². The first kappa shape index (κ1) is 33.9. The van der Waals surface area contributed by atoms with E-state index in [9.17, 15) is 44.3 Å². The summed E-state index contributed by atoms with van der Waals surface area (Å²) in [5, 5.41) is 49.8. The van der Waals surface area contributed by atoms with E-state index in [1.165, 1.54) is 53.1 Å². The number of carboxylic acids is 1. The third kappa shape index (κ3) is 6.17. The van der Waals surface area contributed by atoms with Crippen molar-refractivity contribution in [3.05, 3.63) is 111 Å². The number of benzene rings is 4. The number of aromatic nitrogens is 1. The average Bonchev–Trinajstić information content (AvgIpc) is 3.11. The van der Waals surface area contributed by atoms with Gasteiger partial charge in [0, 0.05) is 67.7 Å². The second kappa shape index (κ2) is 13.3. The molecule has 13 nitrogen and oxygen atoms in total. The van der Waals surface area contributed by atoms with Crippen LogP contribution >= 0.6 is 0 Å². The van der Waals surface area contributed by atoms with E-state index in [0.29, 0.717) is 38.4 Å². The number of carboxylic acid groups (broad SMARTS) is 1. The fourth-order valence-corrected chi connectivity index (χ4v) is 6.26. The molecule has 4 aromatic carbocycles. The van der Waals surface area contributed by atoms with Crippen LogP contribution in [0.2, 0.25) is 0 Å². The number of rotatable bonds is 8. The van der Waals surface area contributed by atoms with Gasteiger partial charge >= 0.3 is 5.97 Å². The minimum atomic E-state index is -1.47. The van der Waals surface area contributed by atoms with Crippen molar-refractivity contribution in [3.63, 3.8) is 0 Å². The Kier molecular flexibility index (Phi) is 8.64. The van der Waals surface area contributed by atoms with Crippen LogP contribution in [-0.2, 0) is 0 Å². The van der Waals surface area contributed by atoms with Crippen LogP contribution in [0.5, 0.6) is 28.7 Å². The molecule has 1 aliphatic heterocycles. The molecule has 0 bridgehead atoms. The van der Waals surface area contributed by atoms with Gasteiger partial charge in [-0.15, -0.1) is 0 Å². The van der Waals surface area contributed by atoms with E-state index in [2.05, 4.69) is 4.90 Å². The van der Waals surface area contributed by atoms with E-state index in [-0.39, 0.29) is 51.2 Å². The van der Waals surface area contributed by atoms with Gasteiger partial charge in [0.2, 0.25) is 16.6 Å². The van der Waals surface area contributed by atoms with Crippen molar-refractivity contribution in [1.82, 2.24) is 9.47 Å². The Morgan fingerprint density at radius 1 is 0.827 bits per heavy atom. The number of anilines is 1. The molecule has 0 spiro atoms. The van der Waals surface area contributed by atoms with Gasteiger partial charge in [0.15, 0.2) is 17.3 Å². The maximum absolute atomic E-state index is 15.5. The van der Waals surface area contributed by atoms with Gasteiger partial charge in [0.25, 0.3) is 0 Å². The Morgan fingerprint density at radius 3 is 2.25 bits per heavy atom. The highest BCUT2D eigenvalue weighted by molar-refractivity contribution is 5.94. The van der Waals surface area contributed by atoms with Crippen molar-refractivity contribution in [2.45, 2.75) is 0 Å². The van der Waals surface area contributed by atoms with Crippen LogP contribution in [0.3, 0.4) is 0 Å². The molecule has 7 rings (SSSR count). The van der Waals surface area contributed by atoms with Crippen LogP contribution in [0.4, 0.5) is 14.5 Å². The highest BCUT2D eigenvalue weighted by Crippen LogP contribution is 2.38. The monoisotopic (exact) mass is 713 g/mol. The summed E-state index contributed by atoms with van der Waals surface area (Å²) in [5.74, 6) is -4.96. The molecule has 0 radical (unpaired) electrons. The fourth-order valence-electron chi connectivity index (χ4n) is 6.26. The van der Waals surface area contributed by atoms with Gasteiger partial charge in [-0.25, -0.2) is 13.6 Å². The van der Waals surface area contributed by atoms with Crippen LogP contribution in [0.25, 0.3) is 38.9 Å². The zero-order valence-corrected chi connectivity index (χ0v) is 27.0.